The first kappa shape index (κ1) is 9.61. The maximum atomic E-state index is 10.2. The van der Waals surface area contributed by atoms with Crippen molar-refractivity contribution < 1.29 is 29.4 Å². The number of aliphatic hydroxyl groups is 1. The monoisotopic (exact) mass is 169 g/mol. The highest BCUT2D eigenvalue weighted by atomic mass is 31.2. The first-order valence-electron chi connectivity index (χ1n) is 2.15. The Balaban J connectivity index is 4.24. The molecule has 6 nitrogen and oxygen atoms in total. The number of rotatable bonds is 3. The summed E-state index contributed by atoms with van der Waals surface area (Å²) >= 11 is 0. The Morgan fingerprint density at radius 1 is 1.20 bits per heavy atom. The predicted molar refractivity (Wildman–Crippen MR) is 30.7 cm³/mol. The molecular weight excluding hydrogens is 163 g/mol. The lowest BCUT2D eigenvalue weighted by Gasteiger charge is -1.96. The van der Waals surface area contributed by atoms with Crippen LogP contribution < -0.4 is 0 Å². The number of Topliss-reactive ketones (excluding diaryl/α,β-unsaturated/α-hetero) is 1. The molecule has 0 aliphatic carbocycles. The standard InChI is InChI=1S/C3H6O6P/c4-1-2(5)3(6)10(7,8)9/h4,7-9H,1H2/q+1. The van der Waals surface area contributed by atoms with Crippen molar-refractivity contribution >= 4 is 19.3 Å². The molecule has 4 N–H and O–H groups in total. The summed E-state index contributed by atoms with van der Waals surface area (Å²) < 4.78 is 0. The number of hydrogen-bond acceptors (Lipinski definition) is 6. The highest BCUT2D eigenvalue weighted by Gasteiger charge is 2.47. The van der Waals surface area contributed by atoms with Gasteiger partial charge in [-0.15, -0.1) is 0 Å². The molecule has 0 amide bonds. The van der Waals surface area contributed by atoms with Crippen LogP contribution in [-0.4, -0.2) is 37.7 Å². The first-order chi connectivity index (χ1) is 4.39. The quantitative estimate of drug-likeness (QED) is 0.282. The summed E-state index contributed by atoms with van der Waals surface area (Å²) in [7, 11) is -4.73. The fraction of sp³-hybridized carbons (Fsp3) is 0.333. The Kier molecular flexibility index (Phi) is 3.01. The van der Waals surface area contributed by atoms with Gasteiger partial charge in [0.05, 0.1) is 0 Å². The molecule has 0 atom stereocenters. The van der Waals surface area contributed by atoms with Crippen LogP contribution in [0.4, 0.5) is 0 Å². The van der Waals surface area contributed by atoms with Crippen molar-refractivity contribution in [2.45, 2.75) is 0 Å². The molecule has 0 saturated heterocycles. The van der Waals surface area contributed by atoms with Crippen molar-refractivity contribution in [3.8, 4) is 0 Å². The van der Waals surface area contributed by atoms with Crippen molar-refractivity contribution in [2.24, 2.45) is 0 Å². The van der Waals surface area contributed by atoms with Gasteiger partial charge in [0, 0.05) is 0 Å². The van der Waals surface area contributed by atoms with Crippen LogP contribution in [0.3, 0.4) is 0 Å². The minimum atomic E-state index is -4.73. The zero-order chi connectivity index (χ0) is 8.36. The second kappa shape index (κ2) is 3.14. The van der Waals surface area contributed by atoms with Crippen LogP contribution in [0.1, 0.15) is 0 Å². The molecule has 0 heterocycles. The molecule has 0 aromatic carbocycles. The number of carbonyl (C=O) groups excluding carboxylic acids is 2. The molecule has 0 saturated carbocycles. The van der Waals surface area contributed by atoms with E-state index in [1.807, 2.05) is 0 Å². The van der Waals surface area contributed by atoms with E-state index in [9.17, 15) is 9.59 Å². The van der Waals surface area contributed by atoms with E-state index in [2.05, 4.69) is 0 Å². The molecule has 0 spiro atoms. The SMILES string of the molecule is O=C(CO)C(=O)[P+](O)(O)O. The molecule has 58 valence electrons. The summed E-state index contributed by atoms with van der Waals surface area (Å²) in [5.41, 5.74) is -1.74. The lowest BCUT2D eigenvalue weighted by molar-refractivity contribution is -0.135. The summed E-state index contributed by atoms with van der Waals surface area (Å²) in [6.45, 7) is -1.14. The Morgan fingerprint density at radius 2 is 1.60 bits per heavy atom. The van der Waals surface area contributed by atoms with Crippen molar-refractivity contribution in [3.05, 3.63) is 0 Å². The van der Waals surface area contributed by atoms with Gasteiger partial charge in [0.1, 0.15) is 6.61 Å². The first-order valence-corrected chi connectivity index (χ1v) is 3.80. The van der Waals surface area contributed by atoms with Gasteiger partial charge in [-0.05, 0) is 0 Å². The van der Waals surface area contributed by atoms with Gasteiger partial charge in [0.15, 0.2) is 0 Å². The van der Waals surface area contributed by atoms with Gasteiger partial charge in [-0.2, -0.15) is 14.7 Å². The van der Waals surface area contributed by atoms with E-state index in [0.717, 1.165) is 0 Å². The summed E-state index contributed by atoms with van der Waals surface area (Å²) in [5, 5.41) is 7.98. The second-order valence-corrected chi connectivity index (χ2v) is 3.00. The van der Waals surface area contributed by atoms with Gasteiger partial charge in [-0.25, -0.2) is 4.79 Å². The fourth-order valence-electron chi connectivity index (χ4n) is 0.235. The van der Waals surface area contributed by atoms with Gasteiger partial charge in [0.25, 0.3) is 5.78 Å². The smallest absolute Gasteiger partial charge is 0.388 e. The zero-order valence-corrected chi connectivity index (χ0v) is 5.65. The van der Waals surface area contributed by atoms with Gasteiger partial charge in [0.2, 0.25) is 0 Å². The Labute approximate surface area is 56.3 Å². The van der Waals surface area contributed by atoms with E-state index in [4.69, 9.17) is 19.8 Å². The molecule has 0 aromatic heterocycles. The van der Waals surface area contributed by atoms with Crippen LogP contribution in [0.5, 0.6) is 0 Å². The third-order valence-electron chi connectivity index (χ3n) is 0.655. The molecular formula is C3H6O6P+. The molecule has 7 heteroatoms. The number of ketones is 1. The highest BCUT2D eigenvalue weighted by Crippen LogP contribution is 2.45. The molecule has 0 aliphatic rings. The molecule has 0 aliphatic heterocycles. The summed E-state index contributed by atoms with van der Waals surface area (Å²) in [4.78, 5) is 44.7. The lowest BCUT2D eigenvalue weighted by atomic mass is 10.5. The number of carbonyl (C=O) groups is 2. The normalized spacial score (nSPS) is 11.2. The van der Waals surface area contributed by atoms with Gasteiger partial charge in [-0.1, -0.05) is 0 Å². The molecule has 0 radical (unpaired) electrons. The van der Waals surface area contributed by atoms with Crippen LogP contribution in [0.2, 0.25) is 0 Å². The van der Waals surface area contributed by atoms with Gasteiger partial charge < -0.3 is 5.11 Å². The molecule has 0 bridgehead atoms. The van der Waals surface area contributed by atoms with Crippen molar-refractivity contribution in [2.75, 3.05) is 6.61 Å². The minimum Gasteiger partial charge on any atom is -0.388 e. The average Bonchev–Trinajstić information content (AvgIpc) is 1.83. The van der Waals surface area contributed by atoms with Crippen LogP contribution in [-0.2, 0) is 9.59 Å². The third-order valence-corrected chi connectivity index (χ3v) is 1.45. The van der Waals surface area contributed by atoms with E-state index < -0.39 is 25.9 Å². The maximum Gasteiger partial charge on any atom is 0.487 e. The Bertz CT molecular complexity index is 157. The van der Waals surface area contributed by atoms with E-state index >= 15 is 0 Å². The molecule has 0 rings (SSSR count). The summed E-state index contributed by atoms with van der Waals surface area (Å²) in [5.74, 6) is -1.42. The minimum absolute atomic E-state index is 1.14. The van der Waals surface area contributed by atoms with E-state index in [-0.39, 0.29) is 0 Å². The Morgan fingerprint density at radius 3 is 1.70 bits per heavy atom. The number of hydrogen-bond donors (Lipinski definition) is 4. The van der Waals surface area contributed by atoms with Gasteiger partial charge >= 0.3 is 13.5 Å². The predicted octanol–water partition coefficient (Wildman–Crippen LogP) is -2.19. The second-order valence-electron chi connectivity index (χ2n) is 1.45. The van der Waals surface area contributed by atoms with E-state index in [1.54, 1.807) is 0 Å². The van der Waals surface area contributed by atoms with E-state index in [1.165, 1.54) is 0 Å². The maximum absolute atomic E-state index is 10.2. The van der Waals surface area contributed by atoms with E-state index in [0.29, 0.717) is 0 Å². The zero-order valence-electron chi connectivity index (χ0n) is 4.76. The number of aliphatic hydroxyl groups excluding tert-OH is 1. The average molecular weight is 169 g/mol. The van der Waals surface area contributed by atoms with Crippen LogP contribution in [0.15, 0.2) is 0 Å². The van der Waals surface area contributed by atoms with Crippen molar-refractivity contribution in [1.82, 2.24) is 0 Å². The Hall–Kier alpha value is -0.390. The topological polar surface area (TPSA) is 115 Å². The summed E-state index contributed by atoms with van der Waals surface area (Å²) in [6.07, 6.45) is 0. The van der Waals surface area contributed by atoms with Crippen LogP contribution >= 0.6 is 7.94 Å². The molecule has 10 heavy (non-hydrogen) atoms. The van der Waals surface area contributed by atoms with Gasteiger partial charge in [-0.3, -0.25) is 4.79 Å². The summed E-state index contributed by atoms with van der Waals surface area (Å²) in [6, 6.07) is 0. The largest absolute Gasteiger partial charge is 0.487 e. The van der Waals surface area contributed by atoms with Crippen molar-refractivity contribution in [3.63, 3.8) is 0 Å². The third kappa shape index (κ3) is 2.47. The fourth-order valence-corrected chi connectivity index (χ4v) is 0.640. The molecule has 0 unspecified atom stereocenters. The van der Waals surface area contributed by atoms with Crippen LogP contribution in [0.25, 0.3) is 0 Å². The molecule has 0 aromatic rings. The highest BCUT2D eigenvalue weighted by molar-refractivity contribution is 7.78. The lowest BCUT2D eigenvalue weighted by Crippen LogP contribution is -2.20. The molecule has 0 fully saturated rings. The van der Waals surface area contributed by atoms with Crippen LogP contribution in [0, 0.1) is 0 Å². The van der Waals surface area contributed by atoms with Crippen molar-refractivity contribution in [1.29, 1.82) is 0 Å².